The third kappa shape index (κ3) is 18.9. The number of rotatable bonds is 24. The third-order valence-electron chi connectivity index (χ3n) is 10.8. The van der Waals surface area contributed by atoms with E-state index >= 15 is 0 Å². The fraction of sp³-hybridized carbons (Fsp3) is 0.449. The Bertz CT molecular complexity index is 2480. The number of carboxylic acids is 1. The van der Waals surface area contributed by atoms with Crippen LogP contribution in [0.1, 0.15) is 109 Å². The number of hydrogen-bond acceptors (Lipinski definition) is 10. The van der Waals surface area contributed by atoms with Gasteiger partial charge in [-0.1, -0.05) is 64.3 Å². The number of esters is 1. The highest BCUT2D eigenvalue weighted by molar-refractivity contribution is 5.98. The summed E-state index contributed by atoms with van der Waals surface area (Å²) in [5.74, 6) is -18.8. The van der Waals surface area contributed by atoms with Crippen LogP contribution < -0.4 is 31.7 Å². The number of aryl methyl sites for hydroxylation is 2. The fourth-order valence-corrected chi connectivity index (χ4v) is 6.78. The highest BCUT2D eigenvalue weighted by Gasteiger charge is 2.38. The Labute approximate surface area is 410 Å². The number of benzene rings is 3. The van der Waals surface area contributed by atoms with Crippen molar-refractivity contribution in [3.8, 4) is 5.75 Å². The maximum Gasteiger partial charge on any atom is 0.490 e. The summed E-state index contributed by atoms with van der Waals surface area (Å²) in [5, 5.41) is 18.9. The van der Waals surface area contributed by atoms with E-state index in [2.05, 4.69) is 50.0 Å². The maximum atomic E-state index is 13.8. The minimum Gasteiger partial charge on any atom is -0.475 e. The minimum atomic E-state index is -5.08. The number of alkyl halides is 3. The van der Waals surface area contributed by atoms with Crippen molar-refractivity contribution >= 4 is 58.2 Å². The number of anilines is 2. The van der Waals surface area contributed by atoms with Gasteiger partial charge in [-0.25, -0.2) is 27.7 Å². The van der Waals surface area contributed by atoms with E-state index in [-0.39, 0.29) is 25.9 Å². The molecule has 2 unspecified atom stereocenters. The van der Waals surface area contributed by atoms with Crippen molar-refractivity contribution in [2.45, 2.75) is 130 Å². The van der Waals surface area contributed by atoms with E-state index in [1.807, 2.05) is 12.1 Å². The Hall–Kier alpha value is -7.07. The number of unbranched alkanes of at least 4 members (excludes halogenated alkanes) is 5. The summed E-state index contributed by atoms with van der Waals surface area (Å²) in [5.41, 5.74) is 10.6. The number of amides is 4. The van der Waals surface area contributed by atoms with Crippen molar-refractivity contribution in [3.63, 3.8) is 0 Å². The van der Waals surface area contributed by atoms with E-state index in [0.29, 0.717) is 23.6 Å². The van der Waals surface area contributed by atoms with Crippen LogP contribution in [0.2, 0.25) is 0 Å². The molecule has 0 aliphatic heterocycles. The number of nitrogens with one attached hydrogen (secondary N) is 4. The van der Waals surface area contributed by atoms with E-state index in [0.717, 1.165) is 67.8 Å². The Morgan fingerprint density at radius 3 is 1.94 bits per heavy atom. The van der Waals surface area contributed by atoms with Crippen LogP contribution in [0, 0.1) is 35.0 Å². The molecule has 72 heavy (non-hydrogen) atoms. The number of ether oxygens (including phenoxy) is 2. The van der Waals surface area contributed by atoms with Crippen LogP contribution >= 0.6 is 0 Å². The molecule has 15 nitrogen and oxygen atoms in total. The first-order chi connectivity index (χ1) is 33.9. The summed E-state index contributed by atoms with van der Waals surface area (Å²) >= 11 is 0. The monoisotopic (exact) mass is 1030 g/mol. The summed E-state index contributed by atoms with van der Waals surface area (Å²) in [6.45, 7) is 7.46. The van der Waals surface area contributed by atoms with Crippen molar-refractivity contribution < 1.29 is 78.5 Å². The van der Waals surface area contributed by atoms with Gasteiger partial charge in [0.1, 0.15) is 24.5 Å². The van der Waals surface area contributed by atoms with Crippen molar-refractivity contribution in [1.82, 2.24) is 20.9 Å². The summed E-state index contributed by atoms with van der Waals surface area (Å²) in [6.07, 6.45) is 1.50. The molecular weight excluding hydrogens is 969 g/mol. The van der Waals surface area contributed by atoms with Crippen molar-refractivity contribution in [1.29, 1.82) is 0 Å². The van der Waals surface area contributed by atoms with Crippen molar-refractivity contribution in [2.75, 3.05) is 17.6 Å². The lowest BCUT2D eigenvalue weighted by molar-refractivity contribution is -0.192. The van der Waals surface area contributed by atoms with Crippen LogP contribution in [0.5, 0.6) is 5.75 Å². The fourth-order valence-electron chi connectivity index (χ4n) is 6.78. The average molecular weight is 1030 g/mol. The molecule has 7 N–H and O–H groups in total. The molecular formula is C49H58F8N6O9. The third-order valence-corrected chi connectivity index (χ3v) is 10.8. The van der Waals surface area contributed by atoms with Gasteiger partial charge in [-0.05, 0) is 98.7 Å². The number of fused-ring (bicyclic) bond motifs is 1. The van der Waals surface area contributed by atoms with E-state index in [1.165, 1.54) is 12.5 Å². The molecule has 0 aliphatic carbocycles. The molecule has 394 valence electrons. The van der Waals surface area contributed by atoms with Gasteiger partial charge >= 0.3 is 24.2 Å². The van der Waals surface area contributed by atoms with Crippen LogP contribution in [-0.4, -0.2) is 70.6 Å². The summed E-state index contributed by atoms with van der Waals surface area (Å²) in [7, 11) is 0. The highest BCUT2D eigenvalue weighted by Crippen LogP contribution is 2.30. The standard InChI is InChI=1S/C47H57F5N6O7.C2HF3O2/c1-5-6-8-15-31-25-33-30(16-13-17-34(33)57-44(31)53)14-9-7-12-24-54-47(63)64-26-29-20-22-32(23-21-29)56-45(61)28(4)55-46(62)42(27(2)3)58-35(59)18-10-11-19-36(60)65-43-40(51)38(49)37(48)39(50)41(43)52;3-2(4,5)1(6)7/h13,16-17,20-23,25,27-28,42H,5-12,14-15,18-19,24,26H2,1-4H3,(H2,53,57)(H,54,63)(H,55,62)(H,56,61)(H,58,59);(H,6,7). The topological polar surface area (TPSA) is 228 Å². The SMILES string of the molecule is CCCCCc1cc2c(CCCCCNC(=O)OCc3ccc(NC(=O)C(C)NC(=O)C(NC(=O)CCCCC(=O)Oc4c(F)c(F)c(F)c(F)c4F)C(C)C)cc3)cccc2nc1N.O=C(O)C(F)(F)F. The zero-order valence-electron chi connectivity index (χ0n) is 40.0. The number of halogens is 8. The largest absolute Gasteiger partial charge is 0.490 e. The van der Waals surface area contributed by atoms with E-state index < -0.39 is 101 Å². The molecule has 0 aliphatic rings. The smallest absolute Gasteiger partial charge is 0.475 e. The van der Waals surface area contributed by atoms with Gasteiger partial charge in [0.2, 0.25) is 52.6 Å². The Morgan fingerprint density at radius 1 is 0.736 bits per heavy atom. The van der Waals surface area contributed by atoms with Gasteiger partial charge < -0.3 is 41.6 Å². The van der Waals surface area contributed by atoms with Crippen LogP contribution in [0.4, 0.5) is 51.4 Å². The first-order valence-corrected chi connectivity index (χ1v) is 23.0. The molecule has 0 bridgehead atoms. The molecule has 4 aromatic rings. The van der Waals surface area contributed by atoms with Gasteiger partial charge in [0.15, 0.2) is 0 Å². The van der Waals surface area contributed by atoms with E-state index in [4.69, 9.17) is 20.4 Å². The average Bonchev–Trinajstić information content (AvgIpc) is 3.33. The quantitative estimate of drug-likeness (QED) is 0.00968. The number of pyridine rings is 1. The number of carbonyl (C=O) groups is 6. The molecule has 1 heterocycles. The number of nitrogens with two attached hydrogens (primary N) is 1. The molecule has 0 saturated carbocycles. The van der Waals surface area contributed by atoms with Crippen LogP contribution in [0.3, 0.4) is 0 Å². The number of carboxylic acid groups (broad SMARTS) is 1. The lowest BCUT2D eigenvalue weighted by Gasteiger charge is -2.24. The van der Waals surface area contributed by atoms with Gasteiger partial charge in [-0.15, -0.1) is 0 Å². The van der Waals surface area contributed by atoms with Gasteiger partial charge in [0.05, 0.1) is 5.52 Å². The first-order valence-electron chi connectivity index (χ1n) is 23.0. The normalized spacial score (nSPS) is 12.0. The van der Waals surface area contributed by atoms with Gasteiger partial charge in [-0.3, -0.25) is 19.2 Å². The number of carbonyl (C=O) groups excluding carboxylic acids is 5. The first kappa shape index (κ1) is 59.2. The molecule has 2 atom stereocenters. The van der Waals surface area contributed by atoms with Crippen molar-refractivity contribution in [2.24, 2.45) is 5.92 Å². The molecule has 0 saturated heterocycles. The zero-order chi connectivity index (χ0) is 53.7. The predicted molar refractivity (Wildman–Crippen MR) is 249 cm³/mol. The molecule has 1 aromatic heterocycles. The number of alkyl carbamates (subject to hydrolysis) is 1. The summed E-state index contributed by atoms with van der Waals surface area (Å²) in [6, 6.07) is 12.8. The minimum absolute atomic E-state index is 0.00597. The lowest BCUT2D eigenvalue weighted by atomic mass is 9.99. The summed E-state index contributed by atoms with van der Waals surface area (Å²) in [4.78, 5) is 76.5. The van der Waals surface area contributed by atoms with E-state index in [9.17, 15) is 59.1 Å². The van der Waals surface area contributed by atoms with Crippen LogP contribution in [0.15, 0.2) is 48.5 Å². The second-order valence-corrected chi connectivity index (χ2v) is 16.9. The Kier molecular flexibility index (Phi) is 23.6. The second-order valence-electron chi connectivity index (χ2n) is 16.9. The van der Waals surface area contributed by atoms with Gasteiger partial charge in [0.25, 0.3) is 0 Å². The number of aliphatic carboxylic acids is 1. The molecule has 0 spiro atoms. The van der Waals surface area contributed by atoms with E-state index in [1.54, 1.807) is 38.1 Å². The van der Waals surface area contributed by atoms with Gasteiger partial charge in [-0.2, -0.15) is 22.0 Å². The second kappa shape index (κ2) is 28.7. The number of nitrogens with zero attached hydrogens (tertiary/aromatic N) is 1. The van der Waals surface area contributed by atoms with Crippen LogP contribution in [0.25, 0.3) is 10.9 Å². The number of nitrogen functional groups attached to an aromatic ring is 1. The Balaban J connectivity index is 0.00000181. The maximum absolute atomic E-state index is 13.8. The molecule has 3 aromatic carbocycles. The molecule has 0 radical (unpaired) electrons. The molecule has 0 fully saturated rings. The molecule has 4 rings (SSSR count). The van der Waals surface area contributed by atoms with Crippen LogP contribution in [-0.2, 0) is 48.2 Å². The number of aromatic nitrogens is 1. The molecule has 4 amide bonds. The summed E-state index contributed by atoms with van der Waals surface area (Å²) < 4.78 is 109. The number of hydrogen-bond donors (Lipinski definition) is 6. The predicted octanol–water partition coefficient (Wildman–Crippen LogP) is 9.27. The lowest BCUT2D eigenvalue weighted by Crippen LogP contribution is -2.53. The Morgan fingerprint density at radius 2 is 1.33 bits per heavy atom. The van der Waals surface area contributed by atoms with Crippen molar-refractivity contribution in [3.05, 3.63) is 94.3 Å². The highest BCUT2D eigenvalue weighted by atomic mass is 19.4. The molecule has 23 heteroatoms. The zero-order valence-corrected chi connectivity index (χ0v) is 40.0. The van der Waals surface area contributed by atoms with Gasteiger partial charge in [0, 0.05) is 30.5 Å².